The summed E-state index contributed by atoms with van der Waals surface area (Å²) in [6.45, 7) is 1.31. The molecule has 0 spiro atoms. The Labute approximate surface area is 77.9 Å². The van der Waals surface area contributed by atoms with Crippen molar-refractivity contribution in [2.75, 3.05) is 13.1 Å². The number of carbonyl (C=O) groups is 1. The Hall–Kier alpha value is -1.05. The summed E-state index contributed by atoms with van der Waals surface area (Å²) >= 11 is 0. The Bertz CT molecular complexity index is 222. The third kappa shape index (κ3) is 2.44. The van der Waals surface area contributed by atoms with Crippen molar-refractivity contribution in [3.05, 3.63) is 0 Å². The van der Waals surface area contributed by atoms with E-state index in [1.807, 2.05) is 4.90 Å². The van der Waals surface area contributed by atoms with Crippen LogP contribution in [0.25, 0.3) is 0 Å². The maximum atomic E-state index is 11.2. The molecule has 1 unspecified atom stereocenters. The third-order valence-electron chi connectivity index (χ3n) is 2.32. The van der Waals surface area contributed by atoms with Gasteiger partial charge in [-0.25, -0.2) is 5.48 Å². The molecule has 0 radical (unpaired) electrons. The molecule has 1 saturated heterocycles. The van der Waals surface area contributed by atoms with Crippen LogP contribution in [0.4, 0.5) is 0 Å². The van der Waals surface area contributed by atoms with Crippen LogP contribution in [0.1, 0.15) is 19.3 Å². The van der Waals surface area contributed by atoms with Crippen LogP contribution >= 0.6 is 0 Å². The highest BCUT2D eigenvalue weighted by Crippen LogP contribution is 2.16. The van der Waals surface area contributed by atoms with E-state index in [9.17, 15) is 4.79 Å². The number of amides is 1. The van der Waals surface area contributed by atoms with Crippen LogP contribution in [0.5, 0.6) is 0 Å². The number of nitrogens with zero attached hydrogens (tertiary/aromatic N) is 1. The highest BCUT2D eigenvalue weighted by Gasteiger charge is 2.27. The molecule has 1 aliphatic rings. The van der Waals surface area contributed by atoms with Gasteiger partial charge in [-0.15, -0.1) is 6.42 Å². The number of hydroxylamine groups is 1. The average molecular weight is 182 g/mol. The van der Waals surface area contributed by atoms with Gasteiger partial charge in [0, 0.05) is 0 Å². The molecule has 1 atom stereocenters. The summed E-state index contributed by atoms with van der Waals surface area (Å²) in [5.74, 6) is 2.16. The standard InChI is InChI=1S/C9H14N2O2/c1-2-6-11-7-4-3-5-8(11)9(12)10-13/h1,8,13H,3-7H2,(H,10,12). The van der Waals surface area contributed by atoms with Gasteiger partial charge >= 0.3 is 0 Å². The highest BCUT2D eigenvalue weighted by molar-refractivity contribution is 5.80. The largest absolute Gasteiger partial charge is 0.289 e. The molecule has 72 valence electrons. The van der Waals surface area contributed by atoms with Crippen molar-refractivity contribution in [3.8, 4) is 12.3 Å². The van der Waals surface area contributed by atoms with Gasteiger partial charge in [-0.05, 0) is 19.4 Å². The zero-order valence-electron chi connectivity index (χ0n) is 7.49. The van der Waals surface area contributed by atoms with E-state index in [4.69, 9.17) is 11.6 Å². The number of terminal acetylenes is 1. The summed E-state index contributed by atoms with van der Waals surface area (Å²) in [7, 11) is 0. The van der Waals surface area contributed by atoms with Crippen molar-refractivity contribution in [2.45, 2.75) is 25.3 Å². The van der Waals surface area contributed by atoms with E-state index in [-0.39, 0.29) is 11.9 Å². The van der Waals surface area contributed by atoms with Gasteiger partial charge in [0.05, 0.1) is 12.6 Å². The van der Waals surface area contributed by atoms with Crippen molar-refractivity contribution in [3.63, 3.8) is 0 Å². The molecule has 4 nitrogen and oxygen atoms in total. The van der Waals surface area contributed by atoms with Gasteiger partial charge in [-0.1, -0.05) is 12.3 Å². The van der Waals surface area contributed by atoms with Crippen LogP contribution in [0, 0.1) is 12.3 Å². The smallest absolute Gasteiger partial charge is 0.260 e. The van der Waals surface area contributed by atoms with Gasteiger partial charge in [-0.2, -0.15) is 0 Å². The molecule has 0 bridgehead atoms. The van der Waals surface area contributed by atoms with Crippen molar-refractivity contribution >= 4 is 5.91 Å². The summed E-state index contributed by atoms with van der Waals surface area (Å²) in [5, 5.41) is 8.50. The Balaban J connectivity index is 2.57. The van der Waals surface area contributed by atoms with E-state index >= 15 is 0 Å². The minimum atomic E-state index is -0.352. The number of hydrogen-bond donors (Lipinski definition) is 2. The second-order valence-electron chi connectivity index (χ2n) is 3.16. The second-order valence-corrected chi connectivity index (χ2v) is 3.16. The van der Waals surface area contributed by atoms with E-state index in [2.05, 4.69) is 5.92 Å². The molecule has 1 aliphatic heterocycles. The van der Waals surface area contributed by atoms with Gasteiger partial charge in [-0.3, -0.25) is 14.9 Å². The molecule has 13 heavy (non-hydrogen) atoms. The van der Waals surface area contributed by atoms with Gasteiger partial charge in [0.2, 0.25) is 0 Å². The first-order chi connectivity index (χ1) is 6.29. The molecular formula is C9H14N2O2. The Morgan fingerprint density at radius 1 is 1.69 bits per heavy atom. The topological polar surface area (TPSA) is 52.6 Å². The Morgan fingerprint density at radius 3 is 3.08 bits per heavy atom. The van der Waals surface area contributed by atoms with Gasteiger partial charge in [0.1, 0.15) is 0 Å². The Morgan fingerprint density at radius 2 is 2.46 bits per heavy atom. The normalized spacial score (nSPS) is 23.5. The first kappa shape index (κ1) is 10.0. The lowest BCUT2D eigenvalue weighted by Gasteiger charge is -2.32. The van der Waals surface area contributed by atoms with Crippen molar-refractivity contribution in [1.82, 2.24) is 10.4 Å². The number of likely N-dealkylation sites (tertiary alicyclic amines) is 1. The van der Waals surface area contributed by atoms with E-state index in [1.165, 1.54) is 0 Å². The first-order valence-electron chi connectivity index (χ1n) is 4.41. The van der Waals surface area contributed by atoms with Crippen LogP contribution in [0.15, 0.2) is 0 Å². The lowest BCUT2D eigenvalue weighted by molar-refractivity contribution is -0.135. The second kappa shape index (κ2) is 4.85. The monoisotopic (exact) mass is 182 g/mol. The molecule has 1 rings (SSSR count). The Kier molecular flexibility index (Phi) is 3.74. The molecule has 0 aliphatic carbocycles. The number of piperidine rings is 1. The predicted octanol–water partition coefficient (Wildman–Crippen LogP) is -0.0205. The van der Waals surface area contributed by atoms with E-state index in [1.54, 1.807) is 5.48 Å². The number of nitrogens with one attached hydrogen (secondary N) is 1. The van der Waals surface area contributed by atoms with Crippen molar-refractivity contribution in [1.29, 1.82) is 0 Å². The lowest BCUT2D eigenvalue weighted by atomic mass is 10.0. The number of carbonyl (C=O) groups excluding carboxylic acids is 1. The quantitative estimate of drug-likeness (QED) is 0.358. The highest BCUT2D eigenvalue weighted by atomic mass is 16.5. The van der Waals surface area contributed by atoms with E-state index in [0.29, 0.717) is 6.54 Å². The molecule has 1 fully saturated rings. The lowest BCUT2D eigenvalue weighted by Crippen LogP contribution is -2.48. The maximum absolute atomic E-state index is 11.2. The first-order valence-corrected chi connectivity index (χ1v) is 4.41. The molecule has 0 saturated carbocycles. The molecule has 0 aromatic heterocycles. The average Bonchev–Trinajstić information content (AvgIpc) is 2.18. The number of hydrogen-bond acceptors (Lipinski definition) is 3. The van der Waals surface area contributed by atoms with Gasteiger partial charge < -0.3 is 0 Å². The molecule has 4 heteroatoms. The summed E-state index contributed by atoms with van der Waals surface area (Å²) in [6, 6.07) is -0.255. The zero-order valence-corrected chi connectivity index (χ0v) is 7.49. The van der Waals surface area contributed by atoms with Crippen LogP contribution in [0.2, 0.25) is 0 Å². The van der Waals surface area contributed by atoms with Crippen LogP contribution in [-0.4, -0.2) is 35.1 Å². The summed E-state index contributed by atoms with van der Waals surface area (Å²) in [4.78, 5) is 13.1. The molecule has 0 aromatic carbocycles. The number of rotatable bonds is 2. The molecular weight excluding hydrogens is 168 g/mol. The zero-order chi connectivity index (χ0) is 9.68. The maximum Gasteiger partial charge on any atom is 0.260 e. The van der Waals surface area contributed by atoms with Crippen LogP contribution < -0.4 is 5.48 Å². The fraction of sp³-hybridized carbons (Fsp3) is 0.667. The minimum absolute atomic E-state index is 0.255. The van der Waals surface area contributed by atoms with E-state index in [0.717, 1.165) is 25.8 Å². The van der Waals surface area contributed by atoms with Crippen molar-refractivity contribution < 1.29 is 10.0 Å². The minimum Gasteiger partial charge on any atom is -0.289 e. The van der Waals surface area contributed by atoms with Gasteiger partial charge in [0.25, 0.3) is 5.91 Å². The van der Waals surface area contributed by atoms with Crippen LogP contribution in [-0.2, 0) is 4.79 Å². The fourth-order valence-corrected chi connectivity index (χ4v) is 1.67. The summed E-state index contributed by atoms with van der Waals surface area (Å²) in [5.41, 5.74) is 1.67. The molecule has 2 N–H and O–H groups in total. The predicted molar refractivity (Wildman–Crippen MR) is 48.0 cm³/mol. The SMILES string of the molecule is C#CCN1CCCCC1C(=O)NO. The molecule has 0 aromatic rings. The third-order valence-corrected chi connectivity index (χ3v) is 2.32. The van der Waals surface area contributed by atoms with Crippen molar-refractivity contribution in [2.24, 2.45) is 0 Å². The van der Waals surface area contributed by atoms with Crippen LogP contribution in [0.3, 0.4) is 0 Å². The van der Waals surface area contributed by atoms with Gasteiger partial charge in [0.15, 0.2) is 0 Å². The fourth-order valence-electron chi connectivity index (χ4n) is 1.67. The summed E-state index contributed by atoms with van der Waals surface area (Å²) in [6.07, 6.45) is 8.03. The van der Waals surface area contributed by atoms with E-state index < -0.39 is 0 Å². The summed E-state index contributed by atoms with van der Waals surface area (Å²) < 4.78 is 0. The molecule has 1 heterocycles. The molecule has 1 amide bonds.